The number of hydrogen-bond donors (Lipinski definition) is 0. The molecule has 0 aliphatic heterocycles. The van der Waals surface area contributed by atoms with E-state index in [0.717, 1.165) is 0 Å². The van der Waals surface area contributed by atoms with Crippen LogP contribution in [0, 0.1) is 20.2 Å². The summed E-state index contributed by atoms with van der Waals surface area (Å²) < 4.78 is 7.78. The van der Waals surface area contributed by atoms with Crippen molar-refractivity contribution in [1.29, 1.82) is 0 Å². The number of ketones is 1. The molecule has 0 bridgehead atoms. The summed E-state index contributed by atoms with van der Waals surface area (Å²) in [7, 11) is 0. The van der Waals surface area contributed by atoms with E-state index in [1.54, 1.807) is 35.4 Å². The zero-order valence-electron chi connectivity index (χ0n) is 18.2. The van der Waals surface area contributed by atoms with Gasteiger partial charge in [0.2, 0.25) is 11.2 Å². The molecule has 0 amide bonds. The van der Waals surface area contributed by atoms with Crippen LogP contribution in [0.2, 0.25) is 0 Å². The number of aromatic nitrogens is 2. The second-order valence-corrected chi connectivity index (χ2v) is 7.72. The highest BCUT2D eigenvalue weighted by Crippen LogP contribution is 2.30. The first-order chi connectivity index (χ1) is 17.3. The molecule has 0 fully saturated rings. The molecule has 0 aliphatic carbocycles. The lowest BCUT2D eigenvalue weighted by molar-refractivity contribution is -0.385. The fourth-order valence-electron chi connectivity index (χ4n) is 3.78. The van der Waals surface area contributed by atoms with Gasteiger partial charge >= 0.3 is 0 Å². The van der Waals surface area contributed by atoms with Crippen molar-refractivity contribution in [3.63, 3.8) is 0 Å². The third kappa shape index (κ3) is 3.90. The van der Waals surface area contributed by atoms with E-state index in [0.29, 0.717) is 5.69 Å². The molecule has 36 heavy (non-hydrogen) atoms. The molecule has 0 atom stereocenters. The molecule has 0 aliphatic rings. The maximum Gasteiger partial charge on any atom is 0.269 e. The molecule has 0 saturated carbocycles. The molecular formula is C25H14N4O7. The Morgan fingerprint density at radius 3 is 2.11 bits per heavy atom. The molecule has 0 spiro atoms. The van der Waals surface area contributed by atoms with Crippen LogP contribution in [-0.2, 0) is 0 Å². The molecule has 5 aromatic rings. The summed E-state index contributed by atoms with van der Waals surface area (Å²) in [6, 6.07) is 14.9. The second-order valence-electron chi connectivity index (χ2n) is 7.72. The minimum atomic E-state index is -0.701. The van der Waals surface area contributed by atoms with Gasteiger partial charge in [-0.2, -0.15) is 0 Å². The predicted molar refractivity (Wildman–Crippen MR) is 128 cm³/mol. The highest BCUT2D eigenvalue weighted by Gasteiger charge is 2.24. The summed E-state index contributed by atoms with van der Waals surface area (Å²) in [5.74, 6) is -0.777. The molecule has 11 heteroatoms. The van der Waals surface area contributed by atoms with Crippen molar-refractivity contribution in [2.75, 3.05) is 0 Å². The number of carbonyl (C=O) groups is 1. The smallest absolute Gasteiger partial charge is 0.269 e. The van der Waals surface area contributed by atoms with Crippen molar-refractivity contribution in [3.8, 4) is 17.0 Å². The van der Waals surface area contributed by atoms with Gasteiger partial charge in [-0.3, -0.25) is 29.8 Å². The number of imidazole rings is 1. The molecule has 2 aromatic heterocycles. The summed E-state index contributed by atoms with van der Waals surface area (Å²) >= 11 is 0. The number of benzene rings is 3. The normalized spacial score (nSPS) is 10.9. The topological polar surface area (TPSA) is 151 Å². The van der Waals surface area contributed by atoms with E-state index in [4.69, 9.17) is 4.42 Å². The zero-order valence-corrected chi connectivity index (χ0v) is 18.2. The monoisotopic (exact) mass is 482 g/mol. The number of fused-ring (bicyclic) bond motifs is 1. The van der Waals surface area contributed by atoms with Gasteiger partial charge in [-0.05, 0) is 36.4 Å². The van der Waals surface area contributed by atoms with Gasteiger partial charge in [-0.1, -0.05) is 0 Å². The number of hydrogen-bond acceptors (Lipinski definition) is 8. The van der Waals surface area contributed by atoms with Crippen molar-refractivity contribution >= 4 is 28.1 Å². The predicted octanol–water partition coefficient (Wildman–Crippen LogP) is 4.69. The van der Waals surface area contributed by atoms with E-state index in [2.05, 4.69) is 4.98 Å². The van der Waals surface area contributed by atoms with Crippen LogP contribution in [0.5, 0.6) is 0 Å². The molecule has 176 valence electrons. The number of nitro groups is 2. The lowest BCUT2D eigenvalue weighted by atomic mass is 9.97. The Labute approximate surface area is 201 Å². The van der Waals surface area contributed by atoms with Gasteiger partial charge in [0.25, 0.3) is 11.4 Å². The fourth-order valence-corrected chi connectivity index (χ4v) is 3.78. The maximum atomic E-state index is 13.6. The molecule has 11 nitrogen and oxygen atoms in total. The zero-order chi connectivity index (χ0) is 25.4. The van der Waals surface area contributed by atoms with Gasteiger partial charge in [-0.15, -0.1) is 0 Å². The second kappa shape index (κ2) is 8.72. The fraction of sp³-hybridized carbons (Fsp3) is 0. The Balaban J connectivity index is 1.73. The van der Waals surface area contributed by atoms with E-state index in [1.807, 2.05) is 0 Å². The van der Waals surface area contributed by atoms with Crippen LogP contribution in [0.1, 0.15) is 15.9 Å². The quantitative estimate of drug-likeness (QED) is 0.192. The SMILES string of the molecule is O=C(c1ccc([N+](=O)[O-])cc1)c1c(-c2ccc([N+](=O)[O-])cc2)oc2cc(-n3ccnc3)ccc2c1=O. The standard InChI is InChI=1S/C25H14N4O7/c30-23(15-1-5-17(6-2-15)28(32)33)22-24(31)20-10-9-19(27-12-11-26-14-27)13-21(20)36-25(22)16-3-7-18(8-4-16)29(34)35/h1-14H. The molecule has 3 aromatic carbocycles. The summed E-state index contributed by atoms with van der Waals surface area (Å²) in [5.41, 5.74) is -0.103. The van der Waals surface area contributed by atoms with Crippen molar-refractivity contribution in [2.24, 2.45) is 0 Å². The number of non-ortho nitro benzene ring substituents is 2. The summed E-state index contributed by atoms with van der Waals surface area (Å²) in [6.07, 6.45) is 4.88. The van der Waals surface area contributed by atoms with E-state index in [-0.39, 0.29) is 44.8 Å². The van der Waals surface area contributed by atoms with Crippen LogP contribution in [0.4, 0.5) is 11.4 Å². The van der Waals surface area contributed by atoms with Gasteiger partial charge in [0.05, 0.1) is 27.2 Å². The Hall–Kier alpha value is -5.45. The number of nitro benzene ring substituents is 2. The lowest BCUT2D eigenvalue weighted by Gasteiger charge is -2.11. The average Bonchev–Trinajstić information content (AvgIpc) is 3.43. The number of rotatable bonds is 6. The van der Waals surface area contributed by atoms with Gasteiger partial charge in [0.15, 0.2) is 0 Å². The highest BCUT2D eigenvalue weighted by atomic mass is 16.6. The van der Waals surface area contributed by atoms with Gasteiger partial charge in [0.1, 0.15) is 16.9 Å². The molecule has 0 radical (unpaired) electrons. The van der Waals surface area contributed by atoms with Gasteiger partial charge in [-0.25, -0.2) is 4.98 Å². The van der Waals surface area contributed by atoms with Gasteiger partial charge in [0, 0.05) is 53.9 Å². The Bertz CT molecular complexity index is 1710. The van der Waals surface area contributed by atoms with Crippen molar-refractivity contribution in [3.05, 3.63) is 127 Å². The van der Waals surface area contributed by atoms with Crippen LogP contribution in [0.25, 0.3) is 28.0 Å². The Kier molecular flexibility index (Phi) is 5.41. The first-order valence-corrected chi connectivity index (χ1v) is 10.5. The number of carbonyl (C=O) groups excluding carboxylic acids is 1. The minimum Gasteiger partial charge on any atom is -0.455 e. The highest BCUT2D eigenvalue weighted by molar-refractivity contribution is 6.13. The Morgan fingerprint density at radius 2 is 1.53 bits per heavy atom. The van der Waals surface area contributed by atoms with Crippen molar-refractivity contribution in [1.82, 2.24) is 9.55 Å². The maximum absolute atomic E-state index is 13.6. The van der Waals surface area contributed by atoms with E-state index in [9.17, 15) is 29.8 Å². The van der Waals surface area contributed by atoms with E-state index < -0.39 is 21.1 Å². The third-order valence-corrected chi connectivity index (χ3v) is 5.59. The number of nitrogens with zero attached hydrogens (tertiary/aromatic N) is 4. The summed E-state index contributed by atoms with van der Waals surface area (Å²) in [6.45, 7) is 0. The lowest BCUT2D eigenvalue weighted by Crippen LogP contribution is -2.18. The summed E-state index contributed by atoms with van der Waals surface area (Å²) in [5, 5.41) is 22.2. The molecule has 0 unspecified atom stereocenters. The largest absolute Gasteiger partial charge is 0.455 e. The van der Waals surface area contributed by atoms with Crippen LogP contribution < -0.4 is 5.43 Å². The van der Waals surface area contributed by atoms with Gasteiger partial charge < -0.3 is 8.98 Å². The first kappa shape index (κ1) is 22.3. The average molecular weight is 482 g/mol. The Morgan fingerprint density at radius 1 is 0.889 bits per heavy atom. The van der Waals surface area contributed by atoms with Crippen LogP contribution in [-0.4, -0.2) is 25.2 Å². The third-order valence-electron chi connectivity index (χ3n) is 5.59. The van der Waals surface area contributed by atoms with E-state index in [1.165, 1.54) is 54.6 Å². The van der Waals surface area contributed by atoms with Crippen molar-refractivity contribution < 1.29 is 19.1 Å². The molecule has 0 N–H and O–H groups in total. The van der Waals surface area contributed by atoms with Crippen LogP contribution in [0.15, 0.2) is 94.7 Å². The molecular weight excluding hydrogens is 468 g/mol. The van der Waals surface area contributed by atoms with Crippen molar-refractivity contribution in [2.45, 2.75) is 0 Å². The van der Waals surface area contributed by atoms with Crippen LogP contribution >= 0.6 is 0 Å². The summed E-state index contributed by atoms with van der Waals surface area (Å²) in [4.78, 5) is 51.9. The van der Waals surface area contributed by atoms with E-state index >= 15 is 0 Å². The first-order valence-electron chi connectivity index (χ1n) is 10.5. The minimum absolute atomic E-state index is 0.0467. The molecule has 5 rings (SSSR count). The molecule has 0 saturated heterocycles. The molecule has 2 heterocycles. The van der Waals surface area contributed by atoms with Crippen LogP contribution in [0.3, 0.4) is 0 Å².